The average Bonchev–Trinajstić information content (AvgIpc) is 3.18. The van der Waals surface area contributed by atoms with E-state index in [4.69, 9.17) is 24.3 Å². The molecule has 0 amide bonds. The van der Waals surface area contributed by atoms with Crippen LogP contribution in [0.4, 0.5) is 0 Å². The van der Waals surface area contributed by atoms with Crippen LogP contribution in [0.1, 0.15) is 239 Å². The highest BCUT2D eigenvalue weighted by molar-refractivity contribution is 7.47. The first kappa shape index (κ1) is 54.8. The standard InChI is InChI=1S/C46H90NO8P/c1-3-5-7-9-11-13-15-17-18-19-20-21-22-23-24-25-27-29-31-33-35-37-39-46(49)55-44(43-54-56(50,51)53-41-40-47)42-52-45(48)38-36-34-32-30-28-26-16-14-12-10-8-6-4-2/h14,16,44H,3-13,15,17-43,47H2,1-2H3,(H,50,51)/b16-14+/t44-/m1/s1. The molecular weight excluding hydrogens is 725 g/mol. The number of nitrogens with two attached hydrogens (primary N) is 1. The quantitative estimate of drug-likeness (QED) is 0.0266. The molecule has 0 bridgehead atoms. The summed E-state index contributed by atoms with van der Waals surface area (Å²) in [6.45, 7) is 3.75. The molecule has 0 rings (SSSR count). The Hall–Kier alpha value is -1.25. The van der Waals surface area contributed by atoms with Gasteiger partial charge in [0, 0.05) is 19.4 Å². The predicted octanol–water partition coefficient (Wildman–Crippen LogP) is 13.8. The van der Waals surface area contributed by atoms with Gasteiger partial charge in [-0.3, -0.25) is 18.6 Å². The molecule has 9 nitrogen and oxygen atoms in total. The van der Waals surface area contributed by atoms with Crippen LogP contribution in [-0.4, -0.2) is 49.3 Å². The Bertz CT molecular complexity index is 933. The molecule has 0 fully saturated rings. The van der Waals surface area contributed by atoms with Gasteiger partial charge in [0.25, 0.3) is 0 Å². The fourth-order valence-corrected chi connectivity index (χ4v) is 7.63. The molecule has 1 unspecified atom stereocenters. The van der Waals surface area contributed by atoms with Gasteiger partial charge in [0.1, 0.15) is 6.61 Å². The van der Waals surface area contributed by atoms with E-state index >= 15 is 0 Å². The third kappa shape index (κ3) is 42.4. The lowest BCUT2D eigenvalue weighted by molar-refractivity contribution is -0.161. The van der Waals surface area contributed by atoms with Crippen LogP contribution in [0.2, 0.25) is 0 Å². The van der Waals surface area contributed by atoms with E-state index in [-0.39, 0.29) is 38.6 Å². The summed E-state index contributed by atoms with van der Waals surface area (Å²) in [7, 11) is -4.37. The van der Waals surface area contributed by atoms with Gasteiger partial charge in [-0.25, -0.2) is 4.57 Å². The Morgan fingerprint density at radius 1 is 0.518 bits per heavy atom. The van der Waals surface area contributed by atoms with Gasteiger partial charge in [0.05, 0.1) is 13.2 Å². The van der Waals surface area contributed by atoms with Crippen molar-refractivity contribution in [2.75, 3.05) is 26.4 Å². The first-order valence-electron chi connectivity index (χ1n) is 23.7. The number of rotatable bonds is 45. The van der Waals surface area contributed by atoms with Crippen molar-refractivity contribution in [2.24, 2.45) is 5.73 Å². The first-order chi connectivity index (χ1) is 27.3. The molecular formula is C46H90NO8P. The average molecular weight is 816 g/mol. The Labute approximate surface area is 345 Å². The highest BCUT2D eigenvalue weighted by Gasteiger charge is 2.26. The maximum Gasteiger partial charge on any atom is 0.472 e. The number of phosphoric ester groups is 1. The van der Waals surface area contributed by atoms with Crippen LogP contribution >= 0.6 is 7.82 Å². The summed E-state index contributed by atoms with van der Waals surface area (Å²) in [5.74, 6) is -0.826. The number of phosphoric acid groups is 1. The highest BCUT2D eigenvalue weighted by atomic mass is 31.2. The molecule has 56 heavy (non-hydrogen) atoms. The predicted molar refractivity (Wildman–Crippen MR) is 234 cm³/mol. The monoisotopic (exact) mass is 816 g/mol. The molecule has 0 heterocycles. The minimum atomic E-state index is -4.37. The first-order valence-corrected chi connectivity index (χ1v) is 25.2. The Morgan fingerprint density at radius 2 is 0.875 bits per heavy atom. The molecule has 332 valence electrons. The smallest absolute Gasteiger partial charge is 0.462 e. The van der Waals surface area contributed by atoms with E-state index in [0.29, 0.717) is 6.42 Å². The van der Waals surface area contributed by atoms with E-state index in [1.165, 1.54) is 154 Å². The van der Waals surface area contributed by atoms with Crippen LogP contribution < -0.4 is 5.73 Å². The van der Waals surface area contributed by atoms with Gasteiger partial charge in [-0.2, -0.15) is 0 Å². The molecule has 10 heteroatoms. The number of carbonyl (C=O) groups is 2. The normalized spacial score (nSPS) is 13.3. The van der Waals surface area contributed by atoms with Crippen molar-refractivity contribution < 1.29 is 37.6 Å². The molecule has 0 aromatic rings. The zero-order valence-corrected chi connectivity index (χ0v) is 37.5. The van der Waals surface area contributed by atoms with Crippen molar-refractivity contribution in [3.63, 3.8) is 0 Å². The molecule has 0 aliphatic carbocycles. The zero-order valence-electron chi connectivity index (χ0n) is 36.6. The second-order valence-electron chi connectivity index (χ2n) is 16.0. The fourth-order valence-electron chi connectivity index (χ4n) is 6.87. The Balaban J connectivity index is 4.02. The van der Waals surface area contributed by atoms with E-state index in [1.54, 1.807) is 0 Å². The molecule has 2 atom stereocenters. The van der Waals surface area contributed by atoms with E-state index in [1.807, 2.05) is 0 Å². The molecule has 0 aromatic carbocycles. The number of unbranched alkanes of at least 4 members (excludes halogenated alkanes) is 30. The molecule has 3 N–H and O–H groups in total. The van der Waals surface area contributed by atoms with Crippen molar-refractivity contribution in [1.82, 2.24) is 0 Å². The second kappa shape index (κ2) is 43.3. The minimum absolute atomic E-state index is 0.0553. The maximum atomic E-state index is 12.6. The minimum Gasteiger partial charge on any atom is -0.462 e. The second-order valence-corrected chi connectivity index (χ2v) is 17.4. The lowest BCUT2D eigenvalue weighted by Crippen LogP contribution is -2.29. The van der Waals surface area contributed by atoms with E-state index in [0.717, 1.165) is 51.4 Å². The van der Waals surface area contributed by atoms with E-state index in [9.17, 15) is 19.0 Å². The van der Waals surface area contributed by atoms with Crippen molar-refractivity contribution >= 4 is 19.8 Å². The Morgan fingerprint density at radius 3 is 1.29 bits per heavy atom. The lowest BCUT2D eigenvalue weighted by atomic mass is 10.0. The van der Waals surface area contributed by atoms with Gasteiger partial charge in [-0.15, -0.1) is 0 Å². The third-order valence-corrected chi connectivity index (χ3v) is 11.4. The molecule has 0 spiro atoms. The van der Waals surface area contributed by atoms with Gasteiger partial charge >= 0.3 is 19.8 Å². The van der Waals surface area contributed by atoms with E-state index in [2.05, 4.69) is 26.0 Å². The van der Waals surface area contributed by atoms with Gasteiger partial charge in [-0.1, -0.05) is 199 Å². The SMILES string of the molecule is CCCCCC/C=C/CCCCCCCC(=O)OC[C@H](COP(=O)(O)OCCN)OC(=O)CCCCCCCCCCCCCCCCCCCCCCCC. The van der Waals surface area contributed by atoms with Crippen LogP contribution in [-0.2, 0) is 32.7 Å². The van der Waals surface area contributed by atoms with Crippen molar-refractivity contribution in [1.29, 1.82) is 0 Å². The molecule has 0 saturated heterocycles. The molecule has 0 aromatic heterocycles. The number of hydrogen-bond acceptors (Lipinski definition) is 8. The summed E-state index contributed by atoms with van der Waals surface area (Å²) in [6, 6.07) is 0. The summed E-state index contributed by atoms with van der Waals surface area (Å²) in [5.41, 5.74) is 5.35. The summed E-state index contributed by atoms with van der Waals surface area (Å²) < 4.78 is 32.8. The third-order valence-electron chi connectivity index (χ3n) is 10.4. The number of ether oxygens (including phenoxy) is 2. The van der Waals surface area contributed by atoms with Crippen molar-refractivity contribution in [3.05, 3.63) is 12.2 Å². The molecule has 0 radical (unpaired) electrons. The van der Waals surface area contributed by atoms with Crippen molar-refractivity contribution in [2.45, 2.75) is 245 Å². The number of carbonyl (C=O) groups excluding carboxylic acids is 2. The summed E-state index contributed by atoms with van der Waals surface area (Å²) in [6.07, 6.45) is 45.3. The summed E-state index contributed by atoms with van der Waals surface area (Å²) in [5, 5.41) is 0. The van der Waals surface area contributed by atoms with Gasteiger partial charge in [0.15, 0.2) is 6.10 Å². The topological polar surface area (TPSA) is 134 Å². The van der Waals surface area contributed by atoms with Crippen molar-refractivity contribution in [3.8, 4) is 0 Å². The fraction of sp³-hybridized carbons (Fsp3) is 0.913. The van der Waals surface area contributed by atoms with Crippen LogP contribution in [0.25, 0.3) is 0 Å². The van der Waals surface area contributed by atoms with Crippen LogP contribution in [0.3, 0.4) is 0 Å². The molecule has 0 aliphatic heterocycles. The van der Waals surface area contributed by atoms with Crippen LogP contribution in [0.5, 0.6) is 0 Å². The largest absolute Gasteiger partial charge is 0.472 e. The van der Waals surface area contributed by atoms with Crippen LogP contribution in [0, 0.1) is 0 Å². The van der Waals surface area contributed by atoms with Gasteiger partial charge in [0.2, 0.25) is 0 Å². The number of esters is 2. The van der Waals surface area contributed by atoms with E-state index < -0.39 is 26.5 Å². The Kier molecular flexibility index (Phi) is 42.4. The summed E-state index contributed by atoms with van der Waals surface area (Å²) >= 11 is 0. The highest BCUT2D eigenvalue weighted by Crippen LogP contribution is 2.43. The number of hydrogen-bond donors (Lipinski definition) is 2. The summed E-state index contributed by atoms with van der Waals surface area (Å²) in [4.78, 5) is 34.9. The molecule has 0 saturated carbocycles. The van der Waals surface area contributed by atoms with Gasteiger partial charge in [-0.05, 0) is 38.5 Å². The lowest BCUT2D eigenvalue weighted by Gasteiger charge is -2.19. The van der Waals surface area contributed by atoms with Crippen LogP contribution in [0.15, 0.2) is 12.2 Å². The number of allylic oxidation sites excluding steroid dienone is 2. The zero-order chi connectivity index (χ0) is 41.1. The maximum absolute atomic E-state index is 12.6. The van der Waals surface area contributed by atoms with Gasteiger partial charge < -0.3 is 20.1 Å². The molecule has 0 aliphatic rings.